The van der Waals surface area contributed by atoms with Gasteiger partial charge in [-0.25, -0.2) is 0 Å². The fourth-order valence-electron chi connectivity index (χ4n) is 2.40. The highest BCUT2D eigenvalue weighted by atomic mass is 16.2. The summed E-state index contributed by atoms with van der Waals surface area (Å²) < 4.78 is 0. The Morgan fingerprint density at radius 2 is 2.24 bits per heavy atom. The van der Waals surface area contributed by atoms with E-state index in [-0.39, 0.29) is 11.8 Å². The van der Waals surface area contributed by atoms with Gasteiger partial charge in [-0.3, -0.25) is 14.7 Å². The molecule has 0 aliphatic carbocycles. The zero-order chi connectivity index (χ0) is 14.7. The lowest BCUT2D eigenvalue weighted by molar-refractivity contribution is -0.124. The van der Waals surface area contributed by atoms with Gasteiger partial charge in [-0.1, -0.05) is 12.1 Å². The van der Waals surface area contributed by atoms with Gasteiger partial charge in [-0.05, 0) is 30.5 Å². The predicted octanol–water partition coefficient (Wildman–Crippen LogP) is 1.09. The van der Waals surface area contributed by atoms with Crippen LogP contribution >= 0.6 is 0 Å². The van der Waals surface area contributed by atoms with Crippen LogP contribution in [-0.4, -0.2) is 34.6 Å². The van der Waals surface area contributed by atoms with E-state index in [0.717, 1.165) is 17.5 Å². The highest BCUT2D eigenvalue weighted by molar-refractivity contribution is 5.98. The Morgan fingerprint density at radius 3 is 3.00 bits per heavy atom. The number of hydrogen-bond acceptors (Lipinski definition) is 3. The second-order valence-corrected chi connectivity index (χ2v) is 5.03. The lowest BCUT2D eigenvalue weighted by Gasteiger charge is -2.22. The second kappa shape index (κ2) is 5.78. The van der Waals surface area contributed by atoms with Crippen molar-refractivity contribution < 1.29 is 9.59 Å². The molecule has 108 valence electrons. The Balaban J connectivity index is 1.75. The summed E-state index contributed by atoms with van der Waals surface area (Å²) in [4.78, 5) is 23.9. The van der Waals surface area contributed by atoms with E-state index < -0.39 is 6.04 Å². The third-order valence-electron chi connectivity index (χ3n) is 3.55. The van der Waals surface area contributed by atoms with Crippen molar-refractivity contribution in [2.45, 2.75) is 18.9 Å². The number of H-pyrrole nitrogens is 1. The summed E-state index contributed by atoms with van der Waals surface area (Å²) in [6, 6.07) is 6.82. The van der Waals surface area contributed by atoms with Crippen LogP contribution in [0.3, 0.4) is 0 Å². The first-order chi connectivity index (χ1) is 10.2. The molecule has 1 aromatic carbocycles. The predicted molar refractivity (Wildman–Crippen MR) is 77.5 cm³/mol. The maximum Gasteiger partial charge on any atom is 0.251 e. The molecule has 1 aliphatic heterocycles. The fraction of sp³-hybridized carbons (Fsp3) is 0.267. The molecule has 0 radical (unpaired) electrons. The minimum absolute atomic E-state index is 0.111. The van der Waals surface area contributed by atoms with Gasteiger partial charge in [-0.15, -0.1) is 0 Å². The number of nitrogens with one attached hydrogen (secondary N) is 3. The summed E-state index contributed by atoms with van der Waals surface area (Å²) in [6.07, 6.45) is 5.03. The van der Waals surface area contributed by atoms with E-state index in [9.17, 15) is 9.59 Å². The van der Waals surface area contributed by atoms with Crippen LogP contribution in [0.4, 0.5) is 0 Å². The van der Waals surface area contributed by atoms with Gasteiger partial charge < -0.3 is 10.6 Å². The average Bonchev–Trinajstić information content (AvgIpc) is 3.04. The summed E-state index contributed by atoms with van der Waals surface area (Å²) in [7, 11) is 0. The first-order valence-corrected chi connectivity index (χ1v) is 6.92. The zero-order valence-corrected chi connectivity index (χ0v) is 11.4. The van der Waals surface area contributed by atoms with Crippen molar-refractivity contribution in [1.29, 1.82) is 0 Å². The molecule has 0 unspecified atom stereocenters. The number of carbonyl (C=O) groups is 2. The molecule has 2 aromatic rings. The second-order valence-electron chi connectivity index (χ2n) is 5.03. The molecule has 1 aromatic heterocycles. The molecule has 3 N–H and O–H groups in total. The van der Waals surface area contributed by atoms with E-state index in [4.69, 9.17) is 0 Å². The molecule has 0 spiro atoms. The van der Waals surface area contributed by atoms with Crippen LogP contribution in [0.15, 0.2) is 36.7 Å². The lowest BCUT2D eigenvalue weighted by Crippen LogP contribution is -2.50. The molecule has 1 saturated heterocycles. The quantitative estimate of drug-likeness (QED) is 0.788. The van der Waals surface area contributed by atoms with Crippen molar-refractivity contribution in [2.75, 3.05) is 6.54 Å². The van der Waals surface area contributed by atoms with Crippen LogP contribution in [-0.2, 0) is 4.79 Å². The van der Waals surface area contributed by atoms with Gasteiger partial charge in [0.25, 0.3) is 5.91 Å². The third kappa shape index (κ3) is 2.94. The van der Waals surface area contributed by atoms with Crippen molar-refractivity contribution in [2.24, 2.45) is 0 Å². The molecule has 0 saturated carbocycles. The molecule has 0 bridgehead atoms. The van der Waals surface area contributed by atoms with Crippen molar-refractivity contribution in [3.63, 3.8) is 0 Å². The van der Waals surface area contributed by atoms with Crippen molar-refractivity contribution in [3.8, 4) is 11.1 Å². The molecule has 1 aliphatic rings. The molecule has 2 amide bonds. The first-order valence-electron chi connectivity index (χ1n) is 6.92. The number of carbonyl (C=O) groups excluding carboxylic acids is 2. The SMILES string of the molecule is O=C(N[C@H]1CCCNC1=O)c1cccc(-c2cn[nH]c2)c1. The smallest absolute Gasteiger partial charge is 0.251 e. The Hall–Kier alpha value is -2.63. The van der Waals surface area contributed by atoms with E-state index in [0.29, 0.717) is 18.5 Å². The summed E-state index contributed by atoms with van der Waals surface area (Å²) in [6.45, 7) is 0.682. The largest absolute Gasteiger partial charge is 0.354 e. The Kier molecular flexibility index (Phi) is 3.68. The maximum atomic E-state index is 12.3. The van der Waals surface area contributed by atoms with E-state index in [1.807, 2.05) is 12.1 Å². The minimum atomic E-state index is -0.441. The minimum Gasteiger partial charge on any atom is -0.354 e. The van der Waals surface area contributed by atoms with E-state index in [1.165, 1.54) is 0 Å². The number of aromatic nitrogens is 2. The molecule has 6 nitrogen and oxygen atoms in total. The number of amides is 2. The Bertz CT molecular complexity index is 651. The van der Waals surface area contributed by atoms with Crippen LogP contribution in [0, 0.1) is 0 Å². The van der Waals surface area contributed by atoms with Crippen molar-refractivity contribution in [3.05, 3.63) is 42.2 Å². The normalized spacial score (nSPS) is 18.1. The molecule has 1 atom stereocenters. The van der Waals surface area contributed by atoms with E-state index >= 15 is 0 Å². The number of nitrogens with zero attached hydrogens (tertiary/aromatic N) is 1. The zero-order valence-electron chi connectivity index (χ0n) is 11.4. The van der Waals surface area contributed by atoms with Crippen LogP contribution in [0.2, 0.25) is 0 Å². The highest BCUT2D eigenvalue weighted by Crippen LogP contribution is 2.19. The van der Waals surface area contributed by atoms with Gasteiger partial charge in [-0.2, -0.15) is 5.10 Å². The average molecular weight is 284 g/mol. The number of aromatic amines is 1. The lowest BCUT2D eigenvalue weighted by atomic mass is 10.0. The van der Waals surface area contributed by atoms with Gasteiger partial charge in [0.2, 0.25) is 5.91 Å². The number of hydrogen-bond donors (Lipinski definition) is 3. The Morgan fingerprint density at radius 1 is 1.33 bits per heavy atom. The molecular formula is C15H16N4O2. The van der Waals surface area contributed by atoms with Crippen LogP contribution in [0.1, 0.15) is 23.2 Å². The highest BCUT2D eigenvalue weighted by Gasteiger charge is 2.24. The van der Waals surface area contributed by atoms with Crippen molar-refractivity contribution in [1.82, 2.24) is 20.8 Å². The summed E-state index contributed by atoms with van der Waals surface area (Å²) in [5, 5.41) is 12.2. The summed E-state index contributed by atoms with van der Waals surface area (Å²) >= 11 is 0. The standard InChI is InChI=1S/C15H16N4O2/c20-14(19-13-5-2-6-16-15(13)21)11-4-1-3-10(7-11)12-8-17-18-9-12/h1,3-4,7-9,13H,2,5-6H2,(H,16,21)(H,17,18)(H,19,20)/t13-/m0/s1. The monoisotopic (exact) mass is 284 g/mol. The van der Waals surface area contributed by atoms with Gasteiger partial charge in [0.1, 0.15) is 6.04 Å². The van der Waals surface area contributed by atoms with Crippen molar-refractivity contribution >= 4 is 11.8 Å². The molecule has 21 heavy (non-hydrogen) atoms. The van der Waals surface area contributed by atoms with Crippen LogP contribution < -0.4 is 10.6 Å². The van der Waals surface area contributed by atoms with Gasteiger partial charge in [0.05, 0.1) is 6.20 Å². The number of rotatable bonds is 3. The van der Waals surface area contributed by atoms with Gasteiger partial charge in [0.15, 0.2) is 0 Å². The summed E-state index contributed by atoms with van der Waals surface area (Å²) in [5.41, 5.74) is 2.36. The van der Waals surface area contributed by atoms with Gasteiger partial charge >= 0.3 is 0 Å². The molecule has 3 rings (SSSR count). The molecular weight excluding hydrogens is 268 g/mol. The van der Waals surface area contributed by atoms with E-state index in [1.54, 1.807) is 24.5 Å². The summed E-state index contributed by atoms with van der Waals surface area (Å²) in [5.74, 6) is -0.344. The first kappa shape index (κ1) is 13.4. The maximum absolute atomic E-state index is 12.3. The van der Waals surface area contributed by atoms with Gasteiger partial charge in [0, 0.05) is 23.9 Å². The molecule has 2 heterocycles. The fourth-order valence-corrected chi connectivity index (χ4v) is 2.40. The van der Waals surface area contributed by atoms with E-state index in [2.05, 4.69) is 20.8 Å². The number of piperidine rings is 1. The molecule has 6 heteroatoms. The molecule has 1 fully saturated rings. The Labute approximate surface area is 121 Å². The van der Waals surface area contributed by atoms with Crippen LogP contribution in [0.5, 0.6) is 0 Å². The topological polar surface area (TPSA) is 86.9 Å². The third-order valence-corrected chi connectivity index (χ3v) is 3.55. The van der Waals surface area contributed by atoms with Crippen LogP contribution in [0.25, 0.3) is 11.1 Å². The number of benzene rings is 1.